The Labute approximate surface area is 146 Å². The highest BCUT2D eigenvalue weighted by atomic mass is 35.5. The number of H-pyrrole nitrogens is 1. The minimum absolute atomic E-state index is 0.582. The van der Waals surface area contributed by atoms with E-state index in [0.29, 0.717) is 24.5 Å². The zero-order chi connectivity index (χ0) is 17.2. The highest BCUT2D eigenvalue weighted by molar-refractivity contribution is 6.30. The van der Waals surface area contributed by atoms with Crippen molar-refractivity contribution in [2.45, 2.75) is 32.7 Å². The van der Waals surface area contributed by atoms with Crippen LogP contribution in [0.3, 0.4) is 0 Å². The maximum Gasteiger partial charge on any atom is 0.310 e. The number of hydrogen-bond donors (Lipinski definition) is 2. The van der Waals surface area contributed by atoms with Gasteiger partial charge in [0.1, 0.15) is 0 Å². The number of likely N-dealkylation sites (tertiary alicyclic amines) is 1. The molecule has 6 heteroatoms. The number of carboxylic acid groups (broad SMARTS) is 1. The SMILES string of the molecule is CCC1(C(=O)O)CCCN(Cc2cn[nH]c2-c2cccc(Cl)c2)C1. The van der Waals surface area contributed by atoms with Crippen LogP contribution in [0.1, 0.15) is 31.7 Å². The number of hydrogen-bond acceptors (Lipinski definition) is 3. The van der Waals surface area contributed by atoms with Crippen LogP contribution in [0.5, 0.6) is 0 Å². The van der Waals surface area contributed by atoms with E-state index >= 15 is 0 Å². The van der Waals surface area contributed by atoms with Crippen molar-refractivity contribution in [1.29, 1.82) is 0 Å². The van der Waals surface area contributed by atoms with Crippen molar-refractivity contribution in [3.63, 3.8) is 0 Å². The highest BCUT2D eigenvalue weighted by Gasteiger charge is 2.40. The van der Waals surface area contributed by atoms with Crippen molar-refractivity contribution < 1.29 is 9.90 Å². The number of aliphatic carboxylic acids is 1. The number of nitrogens with one attached hydrogen (secondary N) is 1. The molecule has 1 aromatic heterocycles. The van der Waals surface area contributed by atoms with Gasteiger partial charge in [-0.25, -0.2) is 0 Å². The first kappa shape index (κ1) is 17.0. The van der Waals surface area contributed by atoms with Crippen molar-refractivity contribution in [2.75, 3.05) is 13.1 Å². The number of carboxylic acids is 1. The number of aromatic amines is 1. The van der Waals surface area contributed by atoms with Crippen LogP contribution in [-0.2, 0) is 11.3 Å². The third kappa shape index (κ3) is 3.32. The number of piperidine rings is 1. The van der Waals surface area contributed by atoms with Crippen molar-refractivity contribution in [2.24, 2.45) is 5.41 Å². The fourth-order valence-electron chi connectivity index (χ4n) is 3.54. The molecule has 1 aliphatic heterocycles. The lowest BCUT2D eigenvalue weighted by molar-refractivity contribution is -0.153. The van der Waals surface area contributed by atoms with E-state index in [4.69, 9.17) is 11.6 Å². The Kier molecular flexibility index (Phi) is 4.92. The molecule has 1 fully saturated rings. The average molecular weight is 348 g/mol. The molecule has 1 aliphatic rings. The van der Waals surface area contributed by atoms with E-state index in [2.05, 4.69) is 15.1 Å². The van der Waals surface area contributed by atoms with Gasteiger partial charge in [0.25, 0.3) is 0 Å². The van der Waals surface area contributed by atoms with E-state index in [1.807, 2.05) is 37.4 Å². The average Bonchev–Trinajstić information content (AvgIpc) is 3.03. The fourth-order valence-corrected chi connectivity index (χ4v) is 3.73. The van der Waals surface area contributed by atoms with Crippen molar-refractivity contribution >= 4 is 17.6 Å². The summed E-state index contributed by atoms with van der Waals surface area (Å²) in [5.74, 6) is -0.683. The van der Waals surface area contributed by atoms with E-state index in [0.717, 1.165) is 36.2 Å². The second-order valence-electron chi connectivity index (χ2n) is 6.53. The van der Waals surface area contributed by atoms with Crippen LogP contribution in [0.4, 0.5) is 0 Å². The van der Waals surface area contributed by atoms with E-state index in [1.54, 1.807) is 0 Å². The van der Waals surface area contributed by atoms with Gasteiger partial charge in [0, 0.05) is 29.2 Å². The molecule has 0 aliphatic carbocycles. The second-order valence-corrected chi connectivity index (χ2v) is 6.97. The normalized spacial score (nSPS) is 21.8. The van der Waals surface area contributed by atoms with Gasteiger partial charge in [0.05, 0.1) is 17.3 Å². The molecule has 3 rings (SSSR count). The molecule has 0 saturated carbocycles. The Hall–Kier alpha value is -1.85. The largest absolute Gasteiger partial charge is 0.481 e. The van der Waals surface area contributed by atoms with E-state index < -0.39 is 11.4 Å². The standard InChI is InChI=1S/C18H22ClN3O2/c1-2-18(17(23)24)7-4-8-22(12-18)11-14-10-20-21-16(14)13-5-3-6-15(19)9-13/h3,5-6,9-10H,2,4,7-8,11-12H2,1H3,(H,20,21)(H,23,24). The summed E-state index contributed by atoms with van der Waals surface area (Å²) < 4.78 is 0. The lowest BCUT2D eigenvalue weighted by Crippen LogP contribution is -2.47. The molecule has 1 atom stereocenters. The molecule has 5 nitrogen and oxygen atoms in total. The first-order valence-corrected chi connectivity index (χ1v) is 8.66. The van der Waals surface area contributed by atoms with Crippen molar-refractivity contribution in [1.82, 2.24) is 15.1 Å². The molecule has 2 aromatic rings. The third-order valence-corrected chi connectivity index (χ3v) is 5.25. The van der Waals surface area contributed by atoms with E-state index in [1.165, 1.54) is 0 Å². The van der Waals surface area contributed by atoms with Crippen LogP contribution < -0.4 is 0 Å². The van der Waals surface area contributed by atoms with Gasteiger partial charge in [-0.05, 0) is 37.9 Å². The molecule has 2 N–H and O–H groups in total. The van der Waals surface area contributed by atoms with Crippen LogP contribution in [0, 0.1) is 5.41 Å². The van der Waals surface area contributed by atoms with Gasteiger partial charge in [-0.15, -0.1) is 0 Å². The molecule has 24 heavy (non-hydrogen) atoms. The van der Waals surface area contributed by atoms with Crippen LogP contribution in [0.25, 0.3) is 11.3 Å². The van der Waals surface area contributed by atoms with Gasteiger partial charge in [0.2, 0.25) is 0 Å². The Morgan fingerprint density at radius 1 is 1.50 bits per heavy atom. The van der Waals surface area contributed by atoms with Crippen LogP contribution in [0.15, 0.2) is 30.5 Å². The topological polar surface area (TPSA) is 69.2 Å². The van der Waals surface area contributed by atoms with Gasteiger partial charge >= 0.3 is 5.97 Å². The Morgan fingerprint density at radius 3 is 3.04 bits per heavy atom. The summed E-state index contributed by atoms with van der Waals surface area (Å²) in [4.78, 5) is 13.9. The van der Waals surface area contributed by atoms with Gasteiger partial charge in [0.15, 0.2) is 0 Å². The summed E-state index contributed by atoms with van der Waals surface area (Å²) in [6.07, 6.45) is 4.14. The van der Waals surface area contributed by atoms with Gasteiger partial charge in [-0.3, -0.25) is 14.8 Å². The minimum atomic E-state index is -0.683. The molecule has 1 aromatic carbocycles. The van der Waals surface area contributed by atoms with Gasteiger partial charge in [-0.1, -0.05) is 30.7 Å². The first-order valence-electron chi connectivity index (χ1n) is 8.28. The zero-order valence-electron chi connectivity index (χ0n) is 13.8. The zero-order valence-corrected chi connectivity index (χ0v) is 14.5. The quantitative estimate of drug-likeness (QED) is 0.863. The Morgan fingerprint density at radius 2 is 2.33 bits per heavy atom. The van der Waals surface area contributed by atoms with Crippen LogP contribution in [-0.4, -0.2) is 39.3 Å². The lowest BCUT2D eigenvalue weighted by atomic mass is 9.77. The highest BCUT2D eigenvalue weighted by Crippen LogP contribution is 2.35. The molecule has 1 unspecified atom stereocenters. The minimum Gasteiger partial charge on any atom is -0.481 e. The number of benzene rings is 1. The lowest BCUT2D eigenvalue weighted by Gasteiger charge is -2.39. The summed E-state index contributed by atoms with van der Waals surface area (Å²) in [7, 11) is 0. The van der Waals surface area contributed by atoms with Crippen molar-refractivity contribution in [3.8, 4) is 11.3 Å². The molecule has 0 amide bonds. The summed E-state index contributed by atoms with van der Waals surface area (Å²) in [6, 6.07) is 7.65. The summed E-state index contributed by atoms with van der Waals surface area (Å²) in [5.41, 5.74) is 2.38. The first-order chi connectivity index (χ1) is 11.5. The second kappa shape index (κ2) is 6.95. The molecular formula is C18H22ClN3O2. The Bertz CT molecular complexity index is 731. The predicted octanol–water partition coefficient (Wildman–Crippen LogP) is 3.81. The summed E-state index contributed by atoms with van der Waals surface area (Å²) in [6.45, 7) is 4.15. The Balaban J connectivity index is 1.80. The number of halogens is 1. The molecular weight excluding hydrogens is 326 g/mol. The molecule has 0 radical (unpaired) electrons. The van der Waals surface area contributed by atoms with Crippen molar-refractivity contribution in [3.05, 3.63) is 41.0 Å². The molecule has 2 heterocycles. The number of rotatable bonds is 5. The maximum atomic E-state index is 11.7. The predicted molar refractivity (Wildman–Crippen MR) is 93.9 cm³/mol. The maximum absolute atomic E-state index is 11.7. The number of carbonyl (C=O) groups is 1. The molecule has 0 bridgehead atoms. The number of nitrogens with zero attached hydrogens (tertiary/aromatic N) is 2. The summed E-state index contributed by atoms with van der Waals surface area (Å²) in [5, 5.41) is 17.5. The van der Waals surface area contributed by atoms with Gasteiger partial charge in [-0.2, -0.15) is 5.10 Å². The van der Waals surface area contributed by atoms with Gasteiger partial charge < -0.3 is 5.11 Å². The monoisotopic (exact) mass is 347 g/mol. The fraction of sp³-hybridized carbons (Fsp3) is 0.444. The smallest absolute Gasteiger partial charge is 0.310 e. The molecule has 1 saturated heterocycles. The van der Waals surface area contributed by atoms with Crippen LogP contribution >= 0.6 is 11.6 Å². The van der Waals surface area contributed by atoms with Crippen LogP contribution in [0.2, 0.25) is 5.02 Å². The molecule has 0 spiro atoms. The molecule has 128 valence electrons. The van der Waals surface area contributed by atoms with E-state index in [9.17, 15) is 9.90 Å². The number of aromatic nitrogens is 2. The van der Waals surface area contributed by atoms with E-state index in [-0.39, 0.29) is 0 Å². The summed E-state index contributed by atoms with van der Waals surface area (Å²) >= 11 is 6.09. The third-order valence-electron chi connectivity index (χ3n) is 5.01.